The lowest BCUT2D eigenvalue weighted by molar-refractivity contribution is 0.535. The summed E-state index contributed by atoms with van der Waals surface area (Å²) in [6.45, 7) is 6.71. The highest BCUT2D eigenvalue weighted by atomic mass is 35.5. The standard InChI is InChI=1S/C11H15Cl/c1-8(2)9(3)10-4-6-11(12)7-5-10/h4-9H,1-3H3. The zero-order valence-electron chi connectivity index (χ0n) is 7.84. The molecule has 0 nitrogen and oxygen atoms in total. The van der Waals surface area contributed by atoms with Gasteiger partial charge >= 0.3 is 0 Å². The lowest BCUT2D eigenvalue weighted by Crippen LogP contribution is -2.01. The first-order valence-electron chi connectivity index (χ1n) is 4.36. The molecule has 0 saturated heterocycles. The number of rotatable bonds is 2. The molecule has 12 heavy (non-hydrogen) atoms. The molecule has 0 N–H and O–H groups in total. The molecule has 1 unspecified atom stereocenters. The van der Waals surface area contributed by atoms with Gasteiger partial charge in [0.2, 0.25) is 0 Å². The fourth-order valence-corrected chi connectivity index (χ4v) is 1.28. The molecule has 0 aliphatic rings. The summed E-state index contributed by atoms with van der Waals surface area (Å²) in [6.07, 6.45) is 0. The molecule has 1 rings (SSSR count). The predicted molar refractivity (Wildman–Crippen MR) is 54.7 cm³/mol. The second-order valence-electron chi connectivity index (χ2n) is 3.58. The van der Waals surface area contributed by atoms with E-state index < -0.39 is 0 Å². The molecule has 1 aromatic carbocycles. The van der Waals surface area contributed by atoms with E-state index in [9.17, 15) is 0 Å². The molecule has 0 fully saturated rings. The van der Waals surface area contributed by atoms with Crippen LogP contribution in [-0.2, 0) is 0 Å². The first-order valence-corrected chi connectivity index (χ1v) is 4.74. The zero-order valence-corrected chi connectivity index (χ0v) is 8.60. The summed E-state index contributed by atoms with van der Waals surface area (Å²) in [4.78, 5) is 0. The minimum Gasteiger partial charge on any atom is -0.0843 e. The van der Waals surface area contributed by atoms with Gasteiger partial charge in [0.15, 0.2) is 0 Å². The Morgan fingerprint density at radius 1 is 1.00 bits per heavy atom. The molecule has 0 bridgehead atoms. The van der Waals surface area contributed by atoms with Crippen LogP contribution in [0.3, 0.4) is 0 Å². The van der Waals surface area contributed by atoms with Crippen LogP contribution in [-0.4, -0.2) is 0 Å². The summed E-state index contributed by atoms with van der Waals surface area (Å²) in [5.41, 5.74) is 1.37. The maximum atomic E-state index is 5.80. The predicted octanol–water partition coefficient (Wildman–Crippen LogP) is 4.10. The lowest BCUT2D eigenvalue weighted by atomic mass is 9.90. The van der Waals surface area contributed by atoms with Gasteiger partial charge in [-0.15, -0.1) is 0 Å². The normalized spacial score (nSPS) is 13.4. The Kier molecular flexibility index (Phi) is 3.16. The minimum atomic E-state index is 0.613. The second-order valence-corrected chi connectivity index (χ2v) is 4.02. The Morgan fingerprint density at radius 3 is 1.92 bits per heavy atom. The molecule has 0 aromatic heterocycles. The third kappa shape index (κ3) is 2.25. The third-order valence-electron chi connectivity index (χ3n) is 2.40. The Morgan fingerprint density at radius 2 is 1.50 bits per heavy atom. The van der Waals surface area contributed by atoms with Gasteiger partial charge < -0.3 is 0 Å². The molecular formula is C11H15Cl. The van der Waals surface area contributed by atoms with E-state index in [1.54, 1.807) is 0 Å². The van der Waals surface area contributed by atoms with Crippen LogP contribution in [0.25, 0.3) is 0 Å². The van der Waals surface area contributed by atoms with Crippen LogP contribution in [0.2, 0.25) is 5.02 Å². The van der Waals surface area contributed by atoms with Crippen molar-refractivity contribution >= 4 is 11.6 Å². The molecule has 0 amide bonds. The molecule has 0 aliphatic carbocycles. The van der Waals surface area contributed by atoms with E-state index in [0.29, 0.717) is 11.8 Å². The van der Waals surface area contributed by atoms with Crippen molar-refractivity contribution in [1.29, 1.82) is 0 Å². The monoisotopic (exact) mass is 182 g/mol. The van der Waals surface area contributed by atoms with E-state index in [0.717, 1.165) is 5.02 Å². The highest BCUT2D eigenvalue weighted by Crippen LogP contribution is 2.24. The average Bonchev–Trinajstić information content (AvgIpc) is 2.04. The van der Waals surface area contributed by atoms with Crippen molar-refractivity contribution in [2.75, 3.05) is 0 Å². The molecular weight excluding hydrogens is 168 g/mol. The smallest absolute Gasteiger partial charge is 0.0406 e. The summed E-state index contributed by atoms with van der Waals surface area (Å²) in [6, 6.07) is 8.12. The van der Waals surface area contributed by atoms with Gasteiger partial charge in [0.25, 0.3) is 0 Å². The molecule has 0 radical (unpaired) electrons. The van der Waals surface area contributed by atoms with Gasteiger partial charge in [0.05, 0.1) is 0 Å². The molecule has 0 aliphatic heterocycles. The lowest BCUT2D eigenvalue weighted by Gasteiger charge is -2.15. The quantitative estimate of drug-likeness (QED) is 0.646. The highest BCUT2D eigenvalue weighted by molar-refractivity contribution is 6.30. The Bertz CT molecular complexity index is 236. The van der Waals surface area contributed by atoms with Gasteiger partial charge in [-0.05, 0) is 29.5 Å². The minimum absolute atomic E-state index is 0.613. The van der Waals surface area contributed by atoms with Crippen molar-refractivity contribution in [3.8, 4) is 0 Å². The largest absolute Gasteiger partial charge is 0.0843 e. The maximum absolute atomic E-state index is 5.80. The second kappa shape index (κ2) is 3.95. The van der Waals surface area contributed by atoms with Crippen molar-refractivity contribution in [2.45, 2.75) is 26.7 Å². The van der Waals surface area contributed by atoms with Crippen LogP contribution >= 0.6 is 11.6 Å². The number of hydrogen-bond acceptors (Lipinski definition) is 0. The van der Waals surface area contributed by atoms with E-state index in [4.69, 9.17) is 11.6 Å². The van der Waals surface area contributed by atoms with Crippen LogP contribution in [0.1, 0.15) is 32.3 Å². The van der Waals surface area contributed by atoms with Gasteiger partial charge in [-0.3, -0.25) is 0 Å². The van der Waals surface area contributed by atoms with Crippen molar-refractivity contribution in [3.05, 3.63) is 34.9 Å². The van der Waals surface area contributed by atoms with Crippen LogP contribution in [0.15, 0.2) is 24.3 Å². The third-order valence-corrected chi connectivity index (χ3v) is 2.65. The van der Waals surface area contributed by atoms with Gasteiger partial charge in [0, 0.05) is 5.02 Å². The molecule has 0 heterocycles. The van der Waals surface area contributed by atoms with Crippen molar-refractivity contribution < 1.29 is 0 Å². The van der Waals surface area contributed by atoms with Crippen molar-refractivity contribution in [3.63, 3.8) is 0 Å². The van der Waals surface area contributed by atoms with Crippen LogP contribution in [0.5, 0.6) is 0 Å². The number of benzene rings is 1. The van der Waals surface area contributed by atoms with Gasteiger partial charge in [-0.2, -0.15) is 0 Å². The van der Waals surface area contributed by atoms with Gasteiger partial charge in [-0.25, -0.2) is 0 Å². The molecule has 1 aromatic rings. The Balaban J connectivity index is 2.82. The van der Waals surface area contributed by atoms with Crippen molar-refractivity contribution in [1.82, 2.24) is 0 Å². The van der Waals surface area contributed by atoms with E-state index in [1.165, 1.54) is 5.56 Å². The number of hydrogen-bond donors (Lipinski definition) is 0. The fraction of sp³-hybridized carbons (Fsp3) is 0.455. The summed E-state index contributed by atoms with van der Waals surface area (Å²) in [5, 5.41) is 0.815. The molecule has 66 valence electrons. The highest BCUT2D eigenvalue weighted by Gasteiger charge is 2.08. The zero-order chi connectivity index (χ0) is 9.14. The number of halogens is 1. The molecule has 0 spiro atoms. The topological polar surface area (TPSA) is 0 Å². The molecule has 1 atom stereocenters. The fourth-order valence-electron chi connectivity index (χ4n) is 1.15. The van der Waals surface area contributed by atoms with Crippen LogP contribution in [0, 0.1) is 5.92 Å². The van der Waals surface area contributed by atoms with E-state index in [2.05, 4.69) is 32.9 Å². The van der Waals surface area contributed by atoms with Crippen LogP contribution in [0.4, 0.5) is 0 Å². The Labute approximate surface area is 79.6 Å². The first-order chi connectivity index (χ1) is 5.61. The average molecular weight is 183 g/mol. The van der Waals surface area contributed by atoms with E-state index >= 15 is 0 Å². The molecule has 1 heteroatoms. The van der Waals surface area contributed by atoms with Gasteiger partial charge in [0.1, 0.15) is 0 Å². The summed E-state index contributed by atoms with van der Waals surface area (Å²) < 4.78 is 0. The van der Waals surface area contributed by atoms with Gasteiger partial charge in [-0.1, -0.05) is 44.5 Å². The summed E-state index contributed by atoms with van der Waals surface area (Å²) >= 11 is 5.80. The molecule has 0 saturated carbocycles. The van der Waals surface area contributed by atoms with E-state index in [1.807, 2.05) is 12.1 Å². The Hall–Kier alpha value is -0.490. The maximum Gasteiger partial charge on any atom is 0.0406 e. The summed E-state index contributed by atoms with van der Waals surface area (Å²) in [5.74, 6) is 1.30. The summed E-state index contributed by atoms with van der Waals surface area (Å²) in [7, 11) is 0. The van der Waals surface area contributed by atoms with Crippen LogP contribution < -0.4 is 0 Å². The SMILES string of the molecule is CC(C)C(C)c1ccc(Cl)cc1. The first kappa shape index (κ1) is 9.60. The van der Waals surface area contributed by atoms with Crippen molar-refractivity contribution in [2.24, 2.45) is 5.92 Å². The van der Waals surface area contributed by atoms with E-state index in [-0.39, 0.29) is 0 Å².